The highest BCUT2D eigenvalue weighted by Crippen LogP contribution is 2.48. The molecule has 9 heteroatoms. The Kier molecular flexibility index (Phi) is 9.96. The van der Waals surface area contributed by atoms with Gasteiger partial charge in [-0.2, -0.15) is 0 Å². The number of rotatable bonds is 11. The van der Waals surface area contributed by atoms with Gasteiger partial charge in [-0.15, -0.1) is 0 Å². The second-order valence-corrected chi connectivity index (χ2v) is 14.9. The minimum absolute atomic E-state index is 0.0332. The van der Waals surface area contributed by atoms with E-state index < -0.39 is 26.2 Å². The molecule has 7 nitrogen and oxygen atoms in total. The van der Waals surface area contributed by atoms with E-state index in [2.05, 4.69) is 5.32 Å². The van der Waals surface area contributed by atoms with Crippen molar-refractivity contribution >= 4 is 25.9 Å². The molecule has 4 atom stereocenters. The van der Waals surface area contributed by atoms with E-state index in [1.165, 1.54) is 0 Å². The molecule has 0 aromatic heterocycles. The topological polar surface area (TPSA) is 88.1 Å². The third-order valence-electron chi connectivity index (χ3n) is 7.73. The Bertz CT molecular complexity index is 1320. The number of aliphatic hydroxyl groups is 1. The van der Waals surface area contributed by atoms with Gasteiger partial charge in [0.25, 0.3) is 5.91 Å². The van der Waals surface area contributed by atoms with E-state index in [9.17, 15) is 14.7 Å². The number of carbonyl (C=O) groups is 2. The number of halogens is 1. The molecule has 3 aromatic carbocycles. The number of hydrogen-bond acceptors (Lipinski definition) is 5. The number of methoxy groups -OCH3 is 1. The van der Waals surface area contributed by atoms with Crippen LogP contribution in [0.5, 0.6) is 5.75 Å². The van der Waals surface area contributed by atoms with Crippen LogP contribution in [0.4, 0.5) is 9.80 Å². The fraction of sp³-hybridized carbons (Fsp3) is 0.375. The van der Waals surface area contributed by atoms with Gasteiger partial charge in [-0.05, 0) is 49.0 Å². The minimum Gasteiger partial charge on any atom is -0.490 e. The number of nitrogens with one attached hydrogen (secondary N) is 1. The summed E-state index contributed by atoms with van der Waals surface area (Å²) in [6, 6.07) is 23.8. The van der Waals surface area contributed by atoms with Crippen LogP contribution in [-0.4, -0.2) is 56.6 Å². The second-order valence-electron chi connectivity index (χ2n) is 11.1. The van der Waals surface area contributed by atoms with Crippen molar-refractivity contribution in [3.05, 3.63) is 95.6 Å². The van der Waals surface area contributed by atoms with E-state index in [4.69, 9.17) is 9.47 Å². The van der Waals surface area contributed by atoms with Gasteiger partial charge in [0.1, 0.15) is 11.9 Å². The van der Waals surface area contributed by atoms with Crippen LogP contribution in [0, 0.1) is 5.92 Å². The highest BCUT2D eigenvalue weighted by Gasteiger charge is 2.48. The number of ether oxygens (including phenoxy) is 2. The van der Waals surface area contributed by atoms with E-state index >= 15 is 4.11 Å². The van der Waals surface area contributed by atoms with Crippen LogP contribution in [0.3, 0.4) is 0 Å². The van der Waals surface area contributed by atoms with Crippen LogP contribution in [0.1, 0.15) is 40.9 Å². The van der Waals surface area contributed by atoms with Gasteiger partial charge in [0.15, 0.2) is 0 Å². The van der Waals surface area contributed by atoms with E-state index in [1.807, 2.05) is 49.4 Å². The molecule has 1 aliphatic rings. The molecule has 41 heavy (non-hydrogen) atoms. The summed E-state index contributed by atoms with van der Waals surface area (Å²) in [7, 11) is -1.82. The maximum Gasteiger partial charge on any atom is 0.255 e. The first kappa shape index (κ1) is 30.4. The van der Waals surface area contributed by atoms with Crippen molar-refractivity contribution in [2.24, 2.45) is 5.92 Å². The Morgan fingerprint density at radius 3 is 2.34 bits per heavy atom. The molecule has 1 unspecified atom stereocenters. The van der Waals surface area contributed by atoms with Crippen molar-refractivity contribution in [1.29, 1.82) is 0 Å². The Labute approximate surface area is 242 Å². The molecule has 2 amide bonds. The number of carbonyl (C=O) groups excluding carboxylic acids is 2. The predicted octanol–water partition coefficient (Wildman–Crippen LogP) is 5.98. The highest BCUT2D eigenvalue weighted by molar-refractivity contribution is 6.72. The molecule has 0 aliphatic carbocycles. The van der Waals surface area contributed by atoms with Crippen molar-refractivity contribution in [2.75, 3.05) is 25.6 Å². The lowest BCUT2D eigenvalue weighted by molar-refractivity contribution is -0.133. The van der Waals surface area contributed by atoms with Gasteiger partial charge in [-0.25, -0.2) is 0 Å². The molecule has 0 radical (unpaired) electrons. The number of hydrogen-bond donors (Lipinski definition) is 2. The average molecular weight is 579 g/mol. The van der Waals surface area contributed by atoms with Gasteiger partial charge in [-0.3, -0.25) is 9.59 Å². The highest BCUT2D eigenvalue weighted by atomic mass is 28.4. The molecule has 0 bridgehead atoms. The van der Waals surface area contributed by atoms with Crippen molar-refractivity contribution in [3.63, 3.8) is 0 Å². The second kappa shape index (κ2) is 13.4. The molecule has 4 rings (SSSR count). The molecule has 0 saturated carbocycles. The summed E-state index contributed by atoms with van der Waals surface area (Å²) < 4.78 is 28.3. The first-order valence-corrected chi connectivity index (χ1v) is 16.9. The van der Waals surface area contributed by atoms with E-state index in [-0.39, 0.29) is 37.3 Å². The average Bonchev–Trinajstić information content (AvgIpc) is 2.96. The third-order valence-corrected chi connectivity index (χ3v) is 10.0. The number of amides is 2. The van der Waals surface area contributed by atoms with Crippen LogP contribution >= 0.6 is 0 Å². The largest absolute Gasteiger partial charge is 0.490 e. The molecule has 2 N–H and O–H groups in total. The van der Waals surface area contributed by atoms with Crippen LogP contribution in [0.2, 0.25) is 18.6 Å². The lowest BCUT2D eigenvalue weighted by Crippen LogP contribution is -2.48. The Morgan fingerprint density at radius 1 is 1.07 bits per heavy atom. The standard InChI is InChI=1S/C32H39FN2O5Si/c1-22-30(39-2)26-19-25(34-32(38)24-13-9-6-10-14-24)15-16-27(26)40-31(22)28(41(3,4)33)20-29(37)35(17-18-36)21-23-11-7-5-8-12-23/h5-16,19,22,28,30-31,36H,17-18,20-21H2,1-4H3,(H,34,38)/t22-,28?,30-,31-/m1/s1. The quantitative estimate of drug-likeness (QED) is 0.216. The minimum atomic E-state index is -3.42. The SMILES string of the molecule is CO[C@H]1c2cc(NC(=O)c3ccccc3)ccc2O[C@@H](C(CC(=O)N(CCO)Cc2ccccc2)[Si](C)(C)F)[C@@H]1C. The summed E-state index contributed by atoms with van der Waals surface area (Å²) in [6.45, 7) is 5.48. The Balaban J connectivity index is 1.57. The molecule has 1 heterocycles. The van der Waals surface area contributed by atoms with Crippen LogP contribution in [0.25, 0.3) is 0 Å². The molecule has 1 aliphatic heterocycles. The summed E-state index contributed by atoms with van der Waals surface area (Å²) in [5, 5.41) is 12.6. The molecule has 218 valence electrons. The maximum atomic E-state index is 16.0. The molecule has 3 aromatic rings. The molecule has 0 spiro atoms. The first-order valence-electron chi connectivity index (χ1n) is 13.9. The number of benzene rings is 3. The van der Waals surface area contributed by atoms with Gasteiger partial charge in [0, 0.05) is 54.9 Å². The smallest absolute Gasteiger partial charge is 0.255 e. The molecule has 0 fully saturated rings. The zero-order chi connectivity index (χ0) is 29.6. The number of aliphatic hydroxyl groups excluding tert-OH is 1. The predicted molar refractivity (Wildman–Crippen MR) is 160 cm³/mol. The summed E-state index contributed by atoms with van der Waals surface area (Å²) in [5.74, 6) is -0.173. The van der Waals surface area contributed by atoms with Crippen LogP contribution in [0.15, 0.2) is 78.9 Å². The summed E-state index contributed by atoms with van der Waals surface area (Å²) in [5.41, 5.74) is 2.19. The zero-order valence-electron chi connectivity index (χ0n) is 24.0. The van der Waals surface area contributed by atoms with Crippen molar-refractivity contribution in [3.8, 4) is 5.75 Å². The fourth-order valence-corrected chi connectivity index (χ4v) is 7.34. The number of nitrogens with zero attached hydrogens (tertiary/aromatic N) is 1. The lowest BCUT2D eigenvalue weighted by atomic mass is 9.86. The first-order chi connectivity index (χ1) is 19.6. The molecule has 0 saturated heterocycles. The van der Waals surface area contributed by atoms with Gasteiger partial charge < -0.3 is 28.9 Å². The van der Waals surface area contributed by atoms with Crippen molar-refractivity contribution in [2.45, 2.75) is 50.7 Å². The van der Waals surface area contributed by atoms with Gasteiger partial charge in [0.2, 0.25) is 14.3 Å². The zero-order valence-corrected chi connectivity index (χ0v) is 25.0. The van der Waals surface area contributed by atoms with E-state index in [1.54, 1.807) is 61.5 Å². The fourth-order valence-electron chi connectivity index (χ4n) is 5.53. The van der Waals surface area contributed by atoms with Crippen molar-refractivity contribution in [1.82, 2.24) is 4.90 Å². The third kappa shape index (κ3) is 7.41. The molecular formula is C32H39FN2O5Si. The van der Waals surface area contributed by atoms with E-state index in [0.717, 1.165) is 11.1 Å². The maximum absolute atomic E-state index is 16.0. The van der Waals surface area contributed by atoms with Gasteiger partial charge >= 0.3 is 0 Å². The van der Waals surface area contributed by atoms with Gasteiger partial charge in [-0.1, -0.05) is 55.5 Å². The van der Waals surface area contributed by atoms with Gasteiger partial charge in [0.05, 0.1) is 12.7 Å². The van der Waals surface area contributed by atoms with Crippen LogP contribution < -0.4 is 10.1 Å². The Hall–Kier alpha value is -3.53. The monoisotopic (exact) mass is 578 g/mol. The van der Waals surface area contributed by atoms with Crippen molar-refractivity contribution < 1.29 is 28.3 Å². The number of fused-ring (bicyclic) bond motifs is 1. The normalized spacial score (nSPS) is 19.0. The molecular weight excluding hydrogens is 539 g/mol. The van der Waals surface area contributed by atoms with E-state index in [0.29, 0.717) is 23.5 Å². The summed E-state index contributed by atoms with van der Waals surface area (Å²) in [6.07, 6.45) is -1.06. The summed E-state index contributed by atoms with van der Waals surface area (Å²) in [4.78, 5) is 27.8. The lowest BCUT2D eigenvalue weighted by Gasteiger charge is -2.43. The number of anilines is 1. The van der Waals surface area contributed by atoms with Crippen LogP contribution in [-0.2, 0) is 16.1 Å². The summed E-state index contributed by atoms with van der Waals surface area (Å²) >= 11 is 0. The Morgan fingerprint density at radius 2 is 1.73 bits per heavy atom.